The van der Waals surface area contributed by atoms with Crippen LogP contribution in [-0.2, 0) is 13.1 Å². The molecule has 2 atom stereocenters. The third kappa shape index (κ3) is 3.57. The van der Waals surface area contributed by atoms with E-state index in [9.17, 15) is 28.3 Å². The lowest BCUT2D eigenvalue weighted by atomic mass is 10.1. The van der Waals surface area contributed by atoms with Gasteiger partial charge in [0.05, 0.1) is 6.54 Å². The second-order valence-electron chi connectivity index (χ2n) is 8.37. The summed E-state index contributed by atoms with van der Waals surface area (Å²) in [5.74, 6) is -3.15. The van der Waals surface area contributed by atoms with E-state index in [2.05, 4.69) is 10.2 Å². The number of ether oxygens (including phenoxy) is 1. The number of amides is 2. The van der Waals surface area contributed by atoms with Gasteiger partial charge in [0.25, 0.3) is 11.8 Å². The first-order chi connectivity index (χ1) is 15.9. The van der Waals surface area contributed by atoms with E-state index in [4.69, 9.17) is 4.74 Å². The molecule has 5 rings (SSSR count). The molecule has 0 saturated carbocycles. The Morgan fingerprint density at radius 1 is 1.24 bits per heavy atom. The highest BCUT2D eigenvalue weighted by atomic mass is 19.1. The second-order valence-corrected chi connectivity index (χ2v) is 8.37. The van der Waals surface area contributed by atoms with Crippen LogP contribution >= 0.6 is 0 Å². The number of nitrogens with zero attached hydrogens (tertiary/aromatic N) is 3. The van der Waals surface area contributed by atoms with Crippen LogP contribution in [0.25, 0.3) is 0 Å². The Kier molecular flexibility index (Phi) is 5.37. The van der Waals surface area contributed by atoms with Gasteiger partial charge in [-0.1, -0.05) is 6.07 Å². The molecule has 1 unspecified atom stereocenters. The molecular weight excluding hydrogens is 438 g/mol. The first kappa shape index (κ1) is 21.5. The first-order valence-corrected chi connectivity index (χ1v) is 10.7. The number of pyridine rings is 1. The molecule has 11 heteroatoms. The second kappa shape index (κ2) is 8.23. The van der Waals surface area contributed by atoms with E-state index in [1.807, 2.05) is 0 Å². The minimum absolute atomic E-state index is 0.00685. The lowest BCUT2D eigenvalue weighted by Crippen LogP contribution is -2.50. The first-order valence-electron chi connectivity index (χ1n) is 10.7. The molecule has 1 aromatic carbocycles. The number of hydrogen-bond acceptors (Lipinski definition) is 6. The number of aliphatic hydroxyl groups is 1. The summed E-state index contributed by atoms with van der Waals surface area (Å²) < 4.78 is 33.6. The maximum atomic E-state index is 13.9. The maximum absolute atomic E-state index is 13.9. The number of hydrogen-bond donors (Lipinski definition) is 2. The quantitative estimate of drug-likeness (QED) is 0.635. The van der Waals surface area contributed by atoms with Crippen molar-refractivity contribution in [2.45, 2.75) is 38.1 Å². The number of carbonyl (C=O) groups is 2. The molecule has 174 valence electrons. The smallest absolute Gasteiger partial charge is 0.275 e. The minimum atomic E-state index is -0.848. The van der Waals surface area contributed by atoms with Crippen LogP contribution in [0.1, 0.15) is 39.3 Å². The normalized spacial score (nSPS) is 21.5. The fourth-order valence-corrected chi connectivity index (χ4v) is 5.01. The molecule has 2 fully saturated rings. The van der Waals surface area contributed by atoms with Gasteiger partial charge in [-0.3, -0.25) is 19.3 Å². The molecule has 4 heterocycles. The van der Waals surface area contributed by atoms with Gasteiger partial charge in [0.15, 0.2) is 18.2 Å². The maximum Gasteiger partial charge on any atom is 0.275 e. The van der Waals surface area contributed by atoms with Crippen LogP contribution in [0.2, 0.25) is 0 Å². The van der Waals surface area contributed by atoms with Gasteiger partial charge < -0.3 is 24.6 Å². The van der Waals surface area contributed by atoms with E-state index < -0.39 is 35.5 Å². The molecule has 2 amide bonds. The summed E-state index contributed by atoms with van der Waals surface area (Å²) in [5.41, 5.74) is -1.11. The Balaban J connectivity index is 1.47. The molecule has 3 aliphatic heterocycles. The van der Waals surface area contributed by atoms with Gasteiger partial charge in [-0.25, -0.2) is 8.78 Å². The summed E-state index contributed by atoms with van der Waals surface area (Å²) in [6.07, 6.45) is 3.15. The summed E-state index contributed by atoms with van der Waals surface area (Å²) >= 11 is 0. The SMILES string of the molecule is O=C(NCc1ccc(F)cc1F)c1cn2c(c(OCO)c1=O)C(=O)N1CC3CCCN3[C@@H]1C2. The standard InChI is InChI=1S/C22H22F2N4O5/c23-13-4-3-12(16(24)6-13)7-25-21(31)15-9-26-10-17-27-5-1-2-14(27)8-28(17)22(32)18(26)20(19(15)30)33-11-29/h3-4,6,9,14,17,29H,1-2,5,7-8,10-11H2,(H,25,31)/t14?,17-/m0/s1. The molecule has 2 aromatic rings. The van der Waals surface area contributed by atoms with Gasteiger partial charge >= 0.3 is 0 Å². The average molecular weight is 460 g/mol. The number of nitrogens with one attached hydrogen (secondary N) is 1. The predicted octanol–water partition coefficient (Wildman–Crippen LogP) is 0.645. The van der Waals surface area contributed by atoms with Crippen molar-refractivity contribution >= 4 is 11.8 Å². The molecule has 2 N–H and O–H groups in total. The summed E-state index contributed by atoms with van der Waals surface area (Å²) in [5, 5.41) is 11.8. The zero-order valence-electron chi connectivity index (χ0n) is 17.6. The largest absolute Gasteiger partial charge is 0.461 e. The summed E-state index contributed by atoms with van der Waals surface area (Å²) in [4.78, 5) is 43.0. The van der Waals surface area contributed by atoms with E-state index in [1.165, 1.54) is 16.8 Å². The number of benzene rings is 1. The van der Waals surface area contributed by atoms with E-state index in [0.717, 1.165) is 25.5 Å². The molecule has 33 heavy (non-hydrogen) atoms. The third-order valence-corrected chi connectivity index (χ3v) is 6.54. The molecule has 3 aliphatic rings. The molecule has 1 aromatic heterocycles. The van der Waals surface area contributed by atoms with Crippen LogP contribution in [0.5, 0.6) is 5.75 Å². The number of fused-ring (bicyclic) bond motifs is 4. The van der Waals surface area contributed by atoms with Crippen molar-refractivity contribution in [3.05, 3.63) is 63.1 Å². The molecule has 0 aliphatic carbocycles. The van der Waals surface area contributed by atoms with Gasteiger partial charge in [-0.15, -0.1) is 0 Å². The average Bonchev–Trinajstić information content (AvgIpc) is 3.37. The highest BCUT2D eigenvalue weighted by molar-refractivity contribution is 5.99. The van der Waals surface area contributed by atoms with Crippen molar-refractivity contribution in [1.82, 2.24) is 19.7 Å². The number of rotatable bonds is 5. The Labute approximate surface area is 187 Å². The van der Waals surface area contributed by atoms with Crippen LogP contribution < -0.4 is 15.5 Å². The van der Waals surface area contributed by atoms with Crippen molar-refractivity contribution in [3.8, 4) is 5.75 Å². The summed E-state index contributed by atoms with van der Waals surface area (Å²) in [6.45, 7) is 0.645. The van der Waals surface area contributed by atoms with Gasteiger partial charge in [-0.2, -0.15) is 0 Å². The van der Waals surface area contributed by atoms with Crippen LogP contribution in [0.3, 0.4) is 0 Å². The highest BCUT2D eigenvalue weighted by Gasteiger charge is 2.48. The Morgan fingerprint density at radius 3 is 2.82 bits per heavy atom. The molecule has 0 spiro atoms. The predicted molar refractivity (Wildman–Crippen MR) is 110 cm³/mol. The van der Waals surface area contributed by atoms with Crippen molar-refractivity contribution in [2.75, 3.05) is 19.9 Å². The summed E-state index contributed by atoms with van der Waals surface area (Å²) in [6, 6.07) is 3.23. The van der Waals surface area contributed by atoms with Crippen molar-refractivity contribution in [2.24, 2.45) is 0 Å². The van der Waals surface area contributed by atoms with Gasteiger partial charge in [-0.05, 0) is 18.9 Å². The van der Waals surface area contributed by atoms with E-state index in [-0.39, 0.29) is 41.5 Å². The monoisotopic (exact) mass is 460 g/mol. The number of aliphatic hydroxyl groups excluding tert-OH is 1. The fraction of sp³-hybridized carbons (Fsp3) is 0.409. The Hall–Kier alpha value is -3.31. The van der Waals surface area contributed by atoms with Crippen LogP contribution in [0.15, 0.2) is 29.2 Å². The van der Waals surface area contributed by atoms with Crippen LogP contribution in [0, 0.1) is 11.6 Å². The fourth-order valence-electron chi connectivity index (χ4n) is 5.01. The van der Waals surface area contributed by atoms with Gasteiger partial charge in [0.1, 0.15) is 23.4 Å². The Bertz CT molecular complexity index is 1200. The number of aromatic nitrogens is 1. The van der Waals surface area contributed by atoms with Crippen molar-refractivity contribution in [3.63, 3.8) is 0 Å². The van der Waals surface area contributed by atoms with Crippen molar-refractivity contribution in [1.29, 1.82) is 0 Å². The zero-order chi connectivity index (χ0) is 23.3. The lowest BCUT2D eigenvalue weighted by Gasteiger charge is -2.36. The number of halogens is 2. The Morgan fingerprint density at radius 2 is 2.06 bits per heavy atom. The minimum Gasteiger partial charge on any atom is -0.461 e. The summed E-state index contributed by atoms with van der Waals surface area (Å²) in [7, 11) is 0. The molecular formula is C22H22F2N4O5. The molecule has 0 radical (unpaired) electrons. The lowest BCUT2D eigenvalue weighted by molar-refractivity contribution is 0.0489. The van der Waals surface area contributed by atoms with Crippen LogP contribution in [-0.4, -0.2) is 63.4 Å². The topological polar surface area (TPSA) is 104 Å². The van der Waals surface area contributed by atoms with E-state index >= 15 is 0 Å². The third-order valence-electron chi connectivity index (χ3n) is 6.54. The van der Waals surface area contributed by atoms with E-state index in [1.54, 1.807) is 4.90 Å². The van der Waals surface area contributed by atoms with Crippen molar-refractivity contribution < 1.29 is 28.2 Å². The van der Waals surface area contributed by atoms with Crippen LogP contribution in [0.4, 0.5) is 8.78 Å². The highest BCUT2D eigenvalue weighted by Crippen LogP contribution is 2.35. The van der Waals surface area contributed by atoms with E-state index in [0.29, 0.717) is 19.2 Å². The van der Waals surface area contributed by atoms with Gasteiger partial charge in [0.2, 0.25) is 5.43 Å². The van der Waals surface area contributed by atoms with Gasteiger partial charge in [0, 0.05) is 43.5 Å². The zero-order valence-corrected chi connectivity index (χ0v) is 17.6. The molecule has 0 bridgehead atoms. The molecule has 9 nitrogen and oxygen atoms in total. The molecule has 2 saturated heterocycles. The number of carbonyl (C=O) groups excluding carboxylic acids is 2.